The van der Waals surface area contributed by atoms with Crippen LogP contribution in [0.25, 0.3) is 0 Å². The number of ketones is 1. The van der Waals surface area contributed by atoms with E-state index in [4.69, 9.17) is 4.74 Å². The molecule has 0 fully saturated rings. The molecule has 1 aliphatic heterocycles. The normalized spacial score (nSPS) is 14.6. The van der Waals surface area contributed by atoms with E-state index in [9.17, 15) is 19.2 Å². The summed E-state index contributed by atoms with van der Waals surface area (Å²) in [6, 6.07) is 12.2. The Kier molecular flexibility index (Phi) is 4.65. The van der Waals surface area contributed by atoms with Crippen molar-refractivity contribution in [3.8, 4) is 0 Å². The lowest BCUT2D eigenvalue weighted by Gasteiger charge is -2.15. The molecule has 0 aromatic heterocycles. The summed E-state index contributed by atoms with van der Waals surface area (Å²) in [5, 5.41) is 2.70. The quantitative estimate of drug-likeness (QED) is 0.634. The lowest BCUT2D eigenvalue weighted by atomic mass is 10.1. The Bertz CT molecular complexity index is 998. The monoisotopic (exact) mass is 378 g/mol. The average Bonchev–Trinajstić information content (AvgIpc) is 3.25. The number of nitrogens with one attached hydrogen (secondary N) is 1. The third kappa shape index (κ3) is 3.38. The van der Waals surface area contributed by atoms with Crippen LogP contribution in [0.3, 0.4) is 0 Å². The van der Waals surface area contributed by atoms with Gasteiger partial charge in [-0.15, -0.1) is 0 Å². The zero-order valence-electron chi connectivity index (χ0n) is 15.1. The standard InChI is InChI=1S/C21H18N2O5/c24-18(22-15-9-8-13-4-3-5-14(13)10-15)12-28-19(25)11-23-17-7-2-1-6-16(17)20(26)21(23)27/h1-2,6-10H,3-5,11-12H2,(H,22,24). The summed E-state index contributed by atoms with van der Waals surface area (Å²) in [5.74, 6) is -2.66. The number of carbonyl (C=O) groups is 4. The van der Waals surface area contributed by atoms with E-state index < -0.39 is 36.7 Å². The molecule has 0 unspecified atom stereocenters. The van der Waals surface area contributed by atoms with Crippen molar-refractivity contribution >= 4 is 34.9 Å². The number of esters is 1. The van der Waals surface area contributed by atoms with Gasteiger partial charge in [0.1, 0.15) is 6.54 Å². The number of rotatable bonds is 5. The number of carbonyl (C=O) groups excluding carboxylic acids is 4. The highest BCUT2D eigenvalue weighted by molar-refractivity contribution is 6.52. The molecule has 2 amide bonds. The van der Waals surface area contributed by atoms with Crippen LogP contribution < -0.4 is 10.2 Å². The van der Waals surface area contributed by atoms with Gasteiger partial charge in [0.25, 0.3) is 17.6 Å². The van der Waals surface area contributed by atoms with Gasteiger partial charge in [-0.1, -0.05) is 18.2 Å². The number of amides is 2. The molecule has 7 nitrogen and oxygen atoms in total. The van der Waals surface area contributed by atoms with Gasteiger partial charge >= 0.3 is 5.97 Å². The molecule has 0 bridgehead atoms. The minimum atomic E-state index is -0.777. The molecule has 0 atom stereocenters. The van der Waals surface area contributed by atoms with Crippen LogP contribution in [0.4, 0.5) is 11.4 Å². The molecule has 1 aliphatic carbocycles. The summed E-state index contributed by atoms with van der Waals surface area (Å²) in [6.07, 6.45) is 3.17. The lowest BCUT2D eigenvalue weighted by Crippen LogP contribution is -2.36. The fraction of sp³-hybridized carbons (Fsp3) is 0.238. The van der Waals surface area contributed by atoms with Crippen LogP contribution in [-0.2, 0) is 32.0 Å². The molecule has 2 aliphatic rings. The van der Waals surface area contributed by atoms with Crippen molar-refractivity contribution < 1.29 is 23.9 Å². The first-order chi connectivity index (χ1) is 13.5. The van der Waals surface area contributed by atoms with Gasteiger partial charge in [-0.3, -0.25) is 24.1 Å². The van der Waals surface area contributed by atoms with E-state index >= 15 is 0 Å². The van der Waals surface area contributed by atoms with E-state index in [1.54, 1.807) is 18.2 Å². The minimum absolute atomic E-state index is 0.259. The first kappa shape index (κ1) is 17.9. The van der Waals surface area contributed by atoms with Crippen molar-refractivity contribution in [2.24, 2.45) is 0 Å². The van der Waals surface area contributed by atoms with Gasteiger partial charge in [-0.05, 0) is 54.7 Å². The average molecular weight is 378 g/mol. The number of fused-ring (bicyclic) bond motifs is 2. The topological polar surface area (TPSA) is 92.8 Å². The lowest BCUT2D eigenvalue weighted by molar-refractivity contribution is -0.146. The number of nitrogens with zero attached hydrogens (tertiary/aromatic N) is 1. The Hall–Kier alpha value is -3.48. The third-order valence-corrected chi connectivity index (χ3v) is 4.91. The largest absolute Gasteiger partial charge is 0.454 e. The van der Waals surface area contributed by atoms with Crippen molar-refractivity contribution in [3.63, 3.8) is 0 Å². The Balaban J connectivity index is 1.32. The summed E-state index contributed by atoms with van der Waals surface area (Å²) in [7, 11) is 0. The van der Waals surface area contributed by atoms with E-state index in [2.05, 4.69) is 5.32 Å². The Morgan fingerprint density at radius 1 is 1.04 bits per heavy atom. The number of anilines is 2. The molecule has 28 heavy (non-hydrogen) atoms. The zero-order valence-corrected chi connectivity index (χ0v) is 15.1. The first-order valence-corrected chi connectivity index (χ1v) is 9.05. The van der Waals surface area contributed by atoms with Gasteiger partial charge in [-0.25, -0.2) is 0 Å². The maximum absolute atomic E-state index is 12.1. The van der Waals surface area contributed by atoms with Crippen LogP contribution in [-0.4, -0.2) is 36.7 Å². The van der Waals surface area contributed by atoms with Crippen LogP contribution in [0.5, 0.6) is 0 Å². The van der Waals surface area contributed by atoms with Gasteiger partial charge in [0.15, 0.2) is 6.61 Å². The second-order valence-corrected chi connectivity index (χ2v) is 6.78. The predicted octanol–water partition coefficient (Wildman–Crippen LogP) is 1.89. The van der Waals surface area contributed by atoms with E-state index in [-0.39, 0.29) is 5.56 Å². The second-order valence-electron chi connectivity index (χ2n) is 6.78. The highest BCUT2D eigenvalue weighted by atomic mass is 16.5. The Labute approximate surface area is 161 Å². The summed E-state index contributed by atoms with van der Waals surface area (Å²) in [5.41, 5.74) is 3.82. The van der Waals surface area contributed by atoms with Crippen LogP contribution >= 0.6 is 0 Å². The SMILES string of the molecule is O=C(COC(=O)CN1C(=O)C(=O)c2ccccc21)Nc1ccc2c(c1)CCC2. The molecule has 2 aromatic carbocycles. The smallest absolute Gasteiger partial charge is 0.326 e. The first-order valence-electron chi connectivity index (χ1n) is 9.05. The van der Waals surface area contributed by atoms with Crippen molar-refractivity contribution in [1.82, 2.24) is 0 Å². The molecule has 2 aromatic rings. The van der Waals surface area contributed by atoms with E-state index in [0.29, 0.717) is 11.4 Å². The van der Waals surface area contributed by atoms with E-state index in [1.807, 2.05) is 18.2 Å². The fourth-order valence-electron chi connectivity index (χ4n) is 3.57. The molecular weight excluding hydrogens is 360 g/mol. The molecule has 1 heterocycles. The van der Waals surface area contributed by atoms with Gasteiger partial charge < -0.3 is 10.1 Å². The van der Waals surface area contributed by atoms with Gasteiger partial charge in [0.2, 0.25) is 0 Å². The zero-order chi connectivity index (χ0) is 19.7. The number of para-hydroxylation sites is 1. The number of hydrogen-bond acceptors (Lipinski definition) is 5. The molecule has 0 spiro atoms. The molecule has 4 rings (SSSR count). The molecule has 1 N–H and O–H groups in total. The Morgan fingerprint density at radius 2 is 1.82 bits per heavy atom. The van der Waals surface area contributed by atoms with Crippen molar-refractivity contribution in [2.45, 2.75) is 19.3 Å². The summed E-state index contributed by atoms with van der Waals surface area (Å²) in [4.78, 5) is 49.2. The summed E-state index contributed by atoms with van der Waals surface area (Å²) < 4.78 is 4.97. The molecule has 142 valence electrons. The van der Waals surface area contributed by atoms with Crippen molar-refractivity contribution in [1.29, 1.82) is 0 Å². The highest BCUT2D eigenvalue weighted by Crippen LogP contribution is 2.28. The Morgan fingerprint density at radius 3 is 2.68 bits per heavy atom. The van der Waals surface area contributed by atoms with Crippen molar-refractivity contribution in [3.05, 3.63) is 59.2 Å². The summed E-state index contributed by atoms with van der Waals surface area (Å²) >= 11 is 0. The molecule has 0 radical (unpaired) electrons. The number of benzene rings is 2. The van der Waals surface area contributed by atoms with Crippen molar-refractivity contribution in [2.75, 3.05) is 23.4 Å². The minimum Gasteiger partial charge on any atom is -0.454 e. The molecule has 0 saturated carbocycles. The van der Waals surface area contributed by atoms with Crippen LogP contribution in [0.15, 0.2) is 42.5 Å². The maximum Gasteiger partial charge on any atom is 0.326 e. The van der Waals surface area contributed by atoms with E-state index in [0.717, 1.165) is 24.2 Å². The number of hydrogen-bond donors (Lipinski definition) is 1. The second kappa shape index (κ2) is 7.26. The van der Waals surface area contributed by atoms with Gasteiger partial charge in [0, 0.05) is 5.69 Å². The van der Waals surface area contributed by atoms with Gasteiger partial charge in [-0.2, -0.15) is 0 Å². The van der Waals surface area contributed by atoms with E-state index in [1.165, 1.54) is 17.2 Å². The van der Waals surface area contributed by atoms with Crippen LogP contribution in [0.2, 0.25) is 0 Å². The molecule has 0 saturated heterocycles. The number of ether oxygens (including phenoxy) is 1. The van der Waals surface area contributed by atoms with Crippen LogP contribution in [0.1, 0.15) is 27.9 Å². The predicted molar refractivity (Wildman–Crippen MR) is 101 cm³/mol. The van der Waals surface area contributed by atoms with Crippen LogP contribution in [0, 0.1) is 0 Å². The fourth-order valence-corrected chi connectivity index (χ4v) is 3.57. The molecule has 7 heteroatoms. The third-order valence-electron chi connectivity index (χ3n) is 4.91. The molecular formula is C21H18N2O5. The number of aryl methyl sites for hydroxylation is 2. The number of Topliss-reactive ketones (excluding diaryl/α,β-unsaturated/α-hetero) is 1. The summed E-state index contributed by atoms with van der Waals surface area (Å²) in [6.45, 7) is -0.888. The van der Waals surface area contributed by atoms with Gasteiger partial charge in [0.05, 0.1) is 11.3 Å². The maximum atomic E-state index is 12.1. The highest BCUT2D eigenvalue weighted by Gasteiger charge is 2.36.